The molecule has 0 aliphatic heterocycles. The van der Waals surface area contributed by atoms with Crippen molar-refractivity contribution in [2.24, 2.45) is 0 Å². The van der Waals surface area contributed by atoms with Gasteiger partial charge in [0, 0.05) is 5.56 Å². The maximum atomic E-state index is 10.4. The van der Waals surface area contributed by atoms with Crippen molar-refractivity contribution in [1.29, 1.82) is 0 Å². The van der Waals surface area contributed by atoms with Gasteiger partial charge in [-0.15, -0.1) is 0 Å². The first-order chi connectivity index (χ1) is 9.69. The predicted octanol–water partition coefficient (Wildman–Crippen LogP) is 4.29. The molecule has 3 aromatic rings. The Morgan fingerprint density at radius 1 is 1.10 bits per heavy atom. The van der Waals surface area contributed by atoms with E-state index in [1.165, 1.54) is 0 Å². The van der Waals surface area contributed by atoms with Crippen LogP contribution in [0.4, 0.5) is 0 Å². The number of furan rings is 1. The van der Waals surface area contributed by atoms with Gasteiger partial charge in [-0.25, -0.2) is 0 Å². The summed E-state index contributed by atoms with van der Waals surface area (Å²) < 4.78 is 10.9. The number of halogens is 1. The van der Waals surface area contributed by atoms with Gasteiger partial charge in [0.25, 0.3) is 0 Å². The zero-order valence-corrected chi connectivity index (χ0v) is 12.4. The van der Waals surface area contributed by atoms with Gasteiger partial charge < -0.3 is 14.3 Å². The number of fused-ring (bicyclic) bond motifs is 1. The molecule has 102 valence electrons. The van der Waals surface area contributed by atoms with E-state index in [-0.39, 0.29) is 0 Å². The second-order valence-corrected chi connectivity index (χ2v) is 5.24. The second-order valence-electron chi connectivity index (χ2n) is 4.52. The standard InChI is InChI=1S/C16H13BrO3/c1-19-13-5-4-10-8-12(3-2-11(10)9-13)15(18)14-6-7-20-16(14)17/h2-9,15,18H,1H3. The number of aliphatic hydroxyl groups excluding tert-OH is 1. The molecule has 0 saturated heterocycles. The molecule has 0 amide bonds. The first-order valence-electron chi connectivity index (χ1n) is 6.17. The fourth-order valence-electron chi connectivity index (χ4n) is 2.22. The van der Waals surface area contributed by atoms with Crippen LogP contribution in [0, 0.1) is 0 Å². The molecule has 0 spiro atoms. The summed E-state index contributed by atoms with van der Waals surface area (Å²) in [6, 6.07) is 13.5. The van der Waals surface area contributed by atoms with Crippen LogP contribution in [0.25, 0.3) is 10.8 Å². The quantitative estimate of drug-likeness (QED) is 0.778. The molecule has 3 rings (SSSR count). The molecule has 0 saturated carbocycles. The maximum Gasteiger partial charge on any atom is 0.175 e. The third kappa shape index (κ3) is 2.32. The number of methoxy groups -OCH3 is 1. The summed E-state index contributed by atoms with van der Waals surface area (Å²) in [5.74, 6) is 0.823. The van der Waals surface area contributed by atoms with Crippen molar-refractivity contribution < 1.29 is 14.3 Å². The molecule has 1 N–H and O–H groups in total. The van der Waals surface area contributed by atoms with Gasteiger partial charge >= 0.3 is 0 Å². The fraction of sp³-hybridized carbons (Fsp3) is 0.125. The van der Waals surface area contributed by atoms with Crippen molar-refractivity contribution in [3.63, 3.8) is 0 Å². The van der Waals surface area contributed by atoms with E-state index in [2.05, 4.69) is 15.9 Å². The molecule has 0 radical (unpaired) electrons. The van der Waals surface area contributed by atoms with Crippen molar-refractivity contribution in [3.8, 4) is 5.75 Å². The normalized spacial score (nSPS) is 12.6. The van der Waals surface area contributed by atoms with E-state index >= 15 is 0 Å². The van der Waals surface area contributed by atoms with Gasteiger partial charge in [0.1, 0.15) is 11.9 Å². The Morgan fingerprint density at radius 3 is 2.55 bits per heavy atom. The fourth-order valence-corrected chi connectivity index (χ4v) is 2.68. The van der Waals surface area contributed by atoms with Crippen molar-refractivity contribution in [2.75, 3.05) is 7.11 Å². The third-order valence-electron chi connectivity index (χ3n) is 3.33. The molecule has 0 aliphatic carbocycles. The SMILES string of the molecule is COc1ccc2cc(C(O)c3ccoc3Br)ccc2c1. The number of rotatable bonds is 3. The van der Waals surface area contributed by atoms with Crippen LogP contribution in [0.2, 0.25) is 0 Å². The van der Waals surface area contributed by atoms with Crippen LogP contribution >= 0.6 is 15.9 Å². The average Bonchev–Trinajstić information content (AvgIpc) is 2.91. The van der Waals surface area contributed by atoms with Crippen LogP contribution in [-0.4, -0.2) is 12.2 Å². The topological polar surface area (TPSA) is 42.6 Å². The molecule has 20 heavy (non-hydrogen) atoms. The minimum absolute atomic E-state index is 0.555. The van der Waals surface area contributed by atoms with Crippen LogP contribution in [0.5, 0.6) is 5.75 Å². The van der Waals surface area contributed by atoms with Crippen molar-refractivity contribution in [3.05, 3.63) is 64.5 Å². The highest BCUT2D eigenvalue weighted by atomic mass is 79.9. The monoisotopic (exact) mass is 332 g/mol. The minimum Gasteiger partial charge on any atom is -0.497 e. The van der Waals surface area contributed by atoms with Crippen LogP contribution < -0.4 is 4.74 Å². The van der Waals surface area contributed by atoms with E-state index in [1.54, 1.807) is 19.4 Å². The Balaban J connectivity index is 2.03. The molecule has 1 aromatic heterocycles. The molecule has 0 fully saturated rings. The zero-order valence-electron chi connectivity index (χ0n) is 10.8. The van der Waals surface area contributed by atoms with E-state index in [9.17, 15) is 5.11 Å². The summed E-state index contributed by atoms with van der Waals surface area (Å²) in [4.78, 5) is 0. The molecular formula is C16H13BrO3. The predicted molar refractivity (Wildman–Crippen MR) is 81.0 cm³/mol. The highest BCUT2D eigenvalue weighted by molar-refractivity contribution is 9.10. The summed E-state index contributed by atoms with van der Waals surface area (Å²) in [5, 5.41) is 12.5. The first kappa shape index (κ1) is 13.2. The van der Waals surface area contributed by atoms with Gasteiger partial charge in [0.2, 0.25) is 0 Å². The van der Waals surface area contributed by atoms with Crippen LogP contribution in [-0.2, 0) is 0 Å². The largest absolute Gasteiger partial charge is 0.497 e. The van der Waals surface area contributed by atoms with Gasteiger partial charge in [-0.3, -0.25) is 0 Å². The molecule has 1 unspecified atom stereocenters. The van der Waals surface area contributed by atoms with Gasteiger partial charge in [0.15, 0.2) is 4.67 Å². The van der Waals surface area contributed by atoms with Crippen molar-refractivity contribution >= 4 is 26.7 Å². The van der Waals surface area contributed by atoms with E-state index in [1.807, 2.05) is 36.4 Å². The lowest BCUT2D eigenvalue weighted by molar-refractivity contribution is 0.218. The molecule has 3 nitrogen and oxygen atoms in total. The lowest BCUT2D eigenvalue weighted by atomic mass is 10.0. The minimum atomic E-state index is -0.713. The highest BCUT2D eigenvalue weighted by Gasteiger charge is 2.16. The second kappa shape index (κ2) is 5.31. The molecule has 4 heteroatoms. The average molecular weight is 333 g/mol. The Morgan fingerprint density at radius 2 is 1.85 bits per heavy atom. The maximum absolute atomic E-state index is 10.4. The number of hydrogen-bond acceptors (Lipinski definition) is 3. The number of benzene rings is 2. The van der Waals surface area contributed by atoms with E-state index < -0.39 is 6.10 Å². The van der Waals surface area contributed by atoms with Gasteiger partial charge in [-0.1, -0.05) is 18.2 Å². The summed E-state index contributed by atoms with van der Waals surface area (Å²) in [7, 11) is 1.65. The molecular weight excluding hydrogens is 320 g/mol. The molecule has 0 bridgehead atoms. The van der Waals surface area contributed by atoms with Crippen molar-refractivity contribution in [2.45, 2.75) is 6.10 Å². The summed E-state index contributed by atoms with van der Waals surface area (Å²) in [6.07, 6.45) is 0.837. The molecule has 0 aliphatic rings. The van der Waals surface area contributed by atoms with E-state index in [0.717, 1.165) is 27.6 Å². The summed E-state index contributed by atoms with van der Waals surface area (Å²) in [5.41, 5.74) is 1.54. The zero-order chi connectivity index (χ0) is 14.1. The summed E-state index contributed by atoms with van der Waals surface area (Å²) >= 11 is 3.29. The number of hydrogen-bond donors (Lipinski definition) is 1. The molecule has 1 heterocycles. The van der Waals surface area contributed by atoms with Crippen molar-refractivity contribution in [1.82, 2.24) is 0 Å². The molecule has 2 aromatic carbocycles. The Bertz CT molecular complexity index is 748. The molecule has 1 atom stereocenters. The number of aliphatic hydroxyl groups is 1. The van der Waals surface area contributed by atoms with Crippen LogP contribution in [0.1, 0.15) is 17.2 Å². The van der Waals surface area contributed by atoms with E-state index in [4.69, 9.17) is 9.15 Å². The van der Waals surface area contributed by atoms with Gasteiger partial charge in [0.05, 0.1) is 13.4 Å². The Hall–Kier alpha value is -1.78. The Kier molecular flexibility index (Phi) is 3.51. The Labute approximate surface area is 124 Å². The lowest BCUT2D eigenvalue weighted by Gasteiger charge is -2.11. The summed E-state index contributed by atoms with van der Waals surface area (Å²) in [6.45, 7) is 0. The van der Waals surface area contributed by atoms with Crippen LogP contribution in [0.15, 0.2) is 57.8 Å². The third-order valence-corrected chi connectivity index (χ3v) is 3.97. The van der Waals surface area contributed by atoms with Gasteiger partial charge in [-0.05, 0) is 56.5 Å². The van der Waals surface area contributed by atoms with Gasteiger partial charge in [-0.2, -0.15) is 0 Å². The van der Waals surface area contributed by atoms with E-state index in [0.29, 0.717) is 4.67 Å². The number of ether oxygens (including phenoxy) is 1. The highest BCUT2D eigenvalue weighted by Crippen LogP contribution is 2.31. The van der Waals surface area contributed by atoms with Crippen LogP contribution in [0.3, 0.4) is 0 Å². The smallest absolute Gasteiger partial charge is 0.175 e. The first-order valence-corrected chi connectivity index (χ1v) is 6.97. The lowest BCUT2D eigenvalue weighted by Crippen LogP contribution is -1.98.